The lowest BCUT2D eigenvalue weighted by molar-refractivity contribution is -0.144. The van der Waals surface area contributed by atoms with Crippen molar-refractivity contribution in [2.75, 3.05) is 0 Å². The van der Waals surface area contributed by atoms with E-state index in [4.69, 9.17) is 0 Å². The van der Waals surface area contributed by atoms with Crippen molar-refractivity contribution in [1.82, 2.24) is 10.4 Å². The Morgan fingerprint density at radius 2 is 1.53 bits per heavy atom. The quantitative estimate of drug-likeness (QED) is 0.616. The molecule has 17 heavy (non-hydrogen) atoms. The first-order valence-electron chi connectivity index (χ1n) is 4.79. The standard InChI is InChI=1S/C11H11IN2O3/c1-7(15)14(8(2)16)13-11(17)9-3-5-10(12)6-4-9/h3-6H,1-2H3,(H,13,17). The van der Waals surface area contributed by atoms with Crippen LogP contribution in [0.15, 0.2) is 24.3 Å². The van der Waals surface area contributed by atoms with Crippen LogP contribution in [0.4, 0.5) is 0 Å². The van der Waals surface area contributed by atoms with Gasteiger partial charge in [0.15, 0.2) is 0 Å². The summed E-state index contributed by atoms with van der Waals surface area (Å²) in [5, 5.41) is 0.681. The molecule has 3 amide bonds. The third-order valence-electron chi connectivity index (χ3n) is 1.95. The van der Waals surface area contributed by atoms with Crippen LogP contribution in [0.1, 0.15) is 24.2 Å². The van der Waals surface area contributed by atoms with Crippen molar-refractivity contribution in [3.05, 3.63) is 33.4 Å². The van der Waals surface area contributed by atoms with Crippen LogP contribution < -0.4 is 5.43 Å². The second kappa shape index (κ2) is 5.76. The number of amides is 3. The molecular formula is C11H11IN2O3. The summed E-state index contributed by atoms with van der Waals surface area (Å²) < 4.78 is 0.995. The van der Waals surface area contributed by atoms with E-state index in [1.807, 2.05) is 0 Å². The highest BCUT2D eigenvalue weighted by atomic mass is 127. The molecule has 0 atom stereocenters. The van der Waals surface area contributed by atoms with Crippen LogP contribution in [-0.4, -0.2) is 22.7 Å². The molecule has 0 bridgehead atoms. The first kappa shape index (κ1) is 13.6. The minimum absolute atomic E-state index is 0.387. The number of carbonyl (C=O) groups excluding carboxylic acids is 3. The topological polar surface area (TPSA) is 66.5 Å². The average molecular weight is 346 g/mol. The average Bonchev–Trinajstić information content (AvgIpc) is 2.25. The molecule has 0 heterocycles. The van der Waals surface area contributed by atoms with E-state index in [-0.39, 0.29) is 0 Å². The van der Waals surface area contributed by atoms with Crippen LogP contribution in [0.3, 0.4) is 0 Å². The fourth-order valence-corrected chi connectivity index (χ4v) is 1.51. The zero-order valence-corrected chi connectivity index (χ0v) is 11.5. The Hall–Kier alpha value is -1.44. The molecular weight excluding hydrogens is 335 g/mol. The number of hydrogen-bond acceptors (Lipinski definition) is 3. The second-order valence-corrected chi connectivity index (χ2v) is 4.57. The molecule has 0 fully saturated rings. The number of hydrogen-bond donors (Lipinski definition) is 1. The van der Waals surface area contributed by atoms with E-state index >= 15 is 0 Å². The highest BCUT2D eigenvalue weighted by molar-refractivity contribution is 14.1. The zero-order valence-electron chi connectivity index (χ0n) is 9.36. The zero-order chi connectivity index (χ0) is 13.0. The van der Waals surface area contributed by atoms with E-state index in [2.05, 4.69) is 28.0 Å². The van der Waals surface area contributed by atoms with Gasteiger partial charge in [0.25, 0.3) is 5.91 Å². The van der Waals surface area contributed by atoms with Crippen LogP contribution in [0.25, 0.3) is 0 Å². The van der Waals surface area contributed by atoms with Gasteiger partial charge in [0.1, 0.15) is 0 Å². The van der Waals surface area contributed by atoms with E-state index < -0.39 is 17.7 Å². The number of hydrazine groups is 1. The first-order valence-corrected chi connectivity index (χ1v) is 5.87. The molecule has 90 valence electrons. The molecule has 6 heteroatoms. The summed E-state index contributed by atoms with van der Waals surface area (Å²) in [5.41, 5.74) is 2.63. The molecule has 0 aromatic heterocycles. The van der Waals surface area contributed by atoms with E-state index in [0.717, 1.165) is 3.57 Å². The third kappa shape index (κ3) is 3.81. The molecule has 5 nitrogen and oxygen atoms in total. The number of benzene rings is 1. The van der Waals surface area contributed by atoms with Crippen molar-refractivity contribution in [3.8, 4) is 0 Å². The summed E-state index contributed by atoms with van der Waals surface area (Å²) in [4.78, 5) is 33.9. The van der Waals surface area contributed by atoms with Gasteiger partial charge >= 0.3 is 0 Å². The summed E-state index contributed by atoms with van der Waals surface area (Å²) in [6.07, 6.45) is 0. The van der Waals surface area contributed by atoms with Gasteiger partial charge in [-0.1, -0.05) is 0 Å². The molecule has 0 saturated heterocycles. The van der Waals surface area contributed by atoms with Gasteiger partial charge < -0.3 is 0 Å². The van der Waals surface area contributed by atoms with Gasteiger partial charge in [0, 0.05) is 23.0 Å². The lowest BCUT2D eigenvalue weighted by atomic mass is 10.2. The summed E-state index contributed by atoms with van der Waals surface area (Å²) in [7, 11) is 0. The fourth-order valence-electron chi connectivity index (χ4n) is 1.15. The summed E-state index contributed by atoms with van der Waals surface area (Å²) in [6.45, 7) is 2.41. The Morgan fingerprint density at radius 3 is 1.94 bits per heavy atom. The number of rotatable bonds is 1. The van der Waals surface area contributed by atoms with E-state index in [1.165, 1.54) is 13.8 Å². The van der Waals surface area contributed by atoms with E-state index in [1.54, 1.807) is 24.3 Å². The lowest BCUT2D eigenvalue weighted by Crippen LogP contribution is -2.47. The lowest BCUT2D eigenvalue weighted by Gasteiger charge is -2.17. The van der Waals surface area contributed by atoms with Crippen molar-refractivity contribution in [3.63, 3.8) is 0 Å². The van der Waals surface area contributed by atoms with Crippen molar-refractivity contribution in [2.45, 2.75) is 13.8 Å². The normalized spacial score (nSPS) is 9.59. The van der Waals surface area contributed by atoms with Crippen LogP contribution in [0.5, 0.6) is 0 Å². The molecule has 0 aliphatic heterocycles. The van der Waals surface area contributed by atoms with E-state index in [9.17, 15) is 14.4 Å². The Bertz CT molecular complexity index is 442. The highest BCUT2D eigenvalue weighted by Gasteiger charge is 2.17. The number of halogens is 1. The van der Waals surface area contributed by atoms with Crippen LogP contribution in [0, 0.1) is 3.57 Å². The molecule has 1 aromatic carbocycles. The van der Waals surface area contributed by atoms with Crippen LogP contribution >= 0.6 is 22.6 Å². The number of nitrogens with zero attached hydrogens (tertiary/aromatic N) is 1. The molecule has 0 aliphatic carbocycles. The molecule has 0 unspecified atom stereocenters. The Balaban J connectivity index is 2.81. The number of carbonyl (C=O) groups is 3. The largest absolute Gasteiger partial charge is 0.273 e. The highest BCUT2D eigenvalue weighted by Crippen LogP contribution is 2.06. The van der Waals surface area contributed by atoms with Crippen molar-refractivity contribution >= 4 is 40.3 Å². The molecule has 0 spiro atoms. The summed E-state index contributed by atoms with van der Waals surface area (Å²) in [5.74, 6) is -1.56. The third-order valence-corrected chi connectivity index (χ3v) is 2.67. The predicted molar refractivity (Wildman–Crippen MR) is 69.8 cm³/mol. The SMILES string of the molecule is CC(=O)N(NC(=O)c1ccc(I)cc1)C(C)=O. The molecule has 0 saturated carbocycles. The Morgan fingerprint density at radius 1 is 1.06 bits per heavy atom. The maximum atomic E-state index is 11.7. The monoisotopic (exact) mass is 346 g/mol. The van der Waals surface area contributed by atoms with Crippen molar-refractivity contribution in [2.24, 2.45) is 0 Å². The Labute approximate surface area is 112 Å². The number of imide groups is 1. The van der Waals surface area contributed by atoms with Gasteiger partial charge in [-0.2, -0.15) is 5.01 Å². The molecule has 0 radical (unpaired) electrons. The van der Waals surface area contributed by atoms with Gasteiger partial charge in [-0.05, 0) is 46.9 Å². The van der Waals surface area contributed by atoms with Gasteiger partial charge in [0.2, 0.25) is 11.8 Å². The van der Waals surface area contributed by atoms with Crippen molar-refractivity contribution in [1.29, 1.82) is 0 Å². The van der Waals surface area contributed by atoms with Gasteiger partial charge in [-0.15, -0.1) is 0 Å². The van der Waals surface area contributed by atoms with Gasteiger partial charge in [-0.25, -0.2) is 0 Å². The molecule has 1 N–H and O–H groups in total. The molecule has 1 aromatic rings. The smallest absolute Gasteiger partial charge is 0.270 e. The molecule has 1 rings (SSSR count). The Kier molecular flexibility index (Phi) is 4.62. The van der Waals surface area contributed by atoms with Gasteiger partial charge in [-0.3, -0.25) is 19.8 Å². The first-order chi connectivity index (χ1) is 7.91. The van der Waals surface area contributed by atoms with Crippen LogP contribution in [-0.2, 0) is 9.59 Å². The molecule has 0 aliphatic rings. The van der Waals surface area contributed by atoms with Crippen molar-refractivity contribution < 1.29 is 14.4 Å². The van der Waals surface area contributed by atoms with Crippen LogP contribution in [0.2, 0.25) is 0 Å². The predicted octanol–water partition coefficient (Wildman–Crippen LogP) is 1.33. The second-order valence-electron chi connectivity index (χ2n) is 3.32. The minimum atomic E-state index is -0.531. The maximum Gasteiger partial charge on any atom is 0.270 e. The minimum Gasteiger partial charge on any atom is -0.273 e. The number of nitrogens with one attached hydrogen (secondary N) is 1. The summed E-state index contributed by atoms with van der Waals surface area (Å²) in [6, 6.07) is 6.77. The maximum absolute atomic E-state index is 11.7. The van der Waals surface area contributed by atoms with Gasteiger partial charge in [0.05, 0.1) is 0 Å². The van der Waals surface area contributed by atoms with E-state index in [0.29, 0.717) is 10.6 Å². The summed E-state index contributed by atoms with van der Waals surface area (Å²) >= 11 is 2.12. The fraction of sp³-hybridized carbons (Fsp3) is 0.182.